The molecule has 0 bridgehead atoms. The fourth-order valence-corrected chi connectivity index (χ4v) is 1.98. The highest BCUT2D eigenvalue weighted by Crippen LogP contribution is 2.37. The van der Waals surface area contributed by atoms with Crippen LogP contribution in [0.1, 0.15) is 16.7 Å². The van der Waals surface area contributed by atoms with E-state index in [1.54, 1.807) is 17.4 Å². The van der Waals surface area contributed by atoms with Crippen molar-refractivity contribution in [1.29, 1.82) is 0 Å². The van der Waals surface area contributed by atoms with Crippen molar-refractivity contribution < 1.29 is 35.9 Å². The number of benzene rings is 1. The van der Waals surface area contributed by atoms with E-state index in [4.69, 9.17) is 0 Å². The van der Waals surface area contributed by atoms with Crippen molar-refractivity contribution in [2.45, 2.75) is 18.9 Å². The Balaban J connectivity index is 2.15. The molecule has 0 atom stereocenters. The molecule has 0 fully saturated rings. The van der Waals surface area contributed by atoms with Gasteiger partial charge in [0.1, 0.15) is 0 Å². The Morgan fingerprint density at radius 2 is 1.37 bits per heavy atom. The monoisotopic (exact) mass is 391 g/mol. The van der Waals surface area contributed by atoms with E-state index in [1.807, 2.05) is 0 Å². The maximum Gasteiger partial charge on any atom is 0.416 e. The van der Waals surface area contributed by atoms with Gasteiger partial charge in [-0.05, 0) is 35.9 Å². The molecule has 0 aliphatic heterocycles. The minimum atomic E-state index is -5.07. The molecule has 0 aliphatic rings. The van der Waals surface area contributed by atoms with Crippen molar-refractivity contribution in [2.24, 2.45) is 0 Å². The molecular weight excluding hydrogens is 380 g/mol. The van der Waals surface area contributed by atoms with Crippen LogP contribution in [-0.2, 0) is 28.5 Å². The number of alkyl halides is 6. The van der Waals surface area contributed by atoms with Gasteiger partial charge in [-0.25, -0.2) is 0 Å². The summed E-state index contributed by atoms with van der Waals surface area (Å²) in [7, 11) is 0. The van der Waals surface area contributed by atoms with Crippen molar-refractivity contribution in [3.63, 3.8) is 0 Å². The predicted molar refractivity (Wildman–Crippen MR) is 81.2 cm³/mol. The fraction of sp³-hybridized carbons (Fsp3) is 0.188. The smallest absolute Gasteiger partial charge is 0.344 e. The number of halogens is 6. The number of amides is 2. The van der Waals surface area contributed by atoms with Gasteiger partial charge in [0, 0.05) is 24.6 Å². The van der Waals surface area contributed by atoms with Crippen molar-refractivity contribution in [1.82, 2.24) is 10.3 Å². The molecule has 0 saturated heterocycles. The second-order valence-electron chi connectivity index (χ2n) is 5.29. The summed E-state index contributed by atoms with van der Waals surface area (Å²) in [6, 6.07) is 3.62. The zero-order chi connectivity index (χ0) is 20.2. The normalized spacial score (nSPS) is 11.8. The van der Waals surface area contributed by atoms with Gasteiger partial charge in [0.2, 0.25) is 0 Å². The second kappa shape index (κ2) is 7.64. The third-order valence-corrected chi connectivity index (χ3v) is 3.25. The van der Waals surface area contributed by atoms with Crippen molar-refractivity contribution in [3.8, 4) is 0 Å². The molecule has 0 radical (unpaired) electrons. The fourth-order valence-electron chi connectivity index (χ4n) is 1.98. The summed E-state index contributed by atoms with van der Waals surface area (Å²) in [5.41, 5.74) is -3.43. The van der Waals surface area contributed by atoms with Crippen LogP contribution in [0.4, 0.5) is 32.0 Å². The quantitative estimate of drug-likeness (QED) is 0.623. The van der Waals surface area contributed by atoms with Crippen molar-refractivity contribution >= 4 is 17.5 Å². The summed E-state index contributed by atoms with van der Waals surface area (Å²) in [4.78, 5) is 27.2. The molecule has 0 saturated carbocycles. The molecule has 0 aliphatic carbocycles. The summed E-state index contributed by atoms with van der Waals surface area (Å²) < 4.78 is 76.7. The molecule has 0 spiro atoms. The van der Waals surface area contributed by atoms with Gasteiger partial charge in [0.25, 0.3) is 0 Å². The van der Waals surface area contributed by atoms with Gasteiger partial charge in [-0.1, -0.05) is 0 Å². The van der Waals surface area contributed by atoms with Crippen molar-refractivity contribution in [3.05, 3.63) is 59.4 Å². The maximum atomic E-state index is 12.8. The van der Waals surface area contributed by atoms with Gasteiger partial charge >= 0.3 is 24.2 Å². The molecule has 11 heteroatoms. The molecule has 1 aromatic carbocycles. The Bertz CT molecular complexity index is 802. The molecule has 0 unspecified atom stereocenters. The Morgan fingerprint density at radius 3 is 1.85 bits per heavy atom. The number of hydrogen-bond donors (Lipinski definition) is 2. The third kappa shape index (κ3) is 5.69. The van der Waals surface area contributed by atoms with E-state index in [0.29, 0.717) is 17.7 Å². The highest BCUT2D eigenvalue weighted by atomic mass is 19.4. The first kappa shape index (κ1) is 20.2. The summed E-state index contributed by atoms with van der Waals surface area (Å²) >= 11 is 0. The van der Waals surface area contributed by atoms with E-state index in [0.717, 1.165) is 0 Å². The summed E-state index contributed by atoms with van der Waals surface area (Å²) in [6.45, 7) is -0.0782. The molecule has 144 valence electrons. The Kier molecular flexibility index (Phi) is 5.72. The zero-order valence-electron chi connectivity index (χ0n) is 13.3. The molecule has 1 heterocycles. The van der Waals surface area contributed by atoms with E-state index < -0.39 is 41.0 Å². The van der Waals surface area contributed by atoms with Crippen LogP contribution in [0.5, 0.6) is 0 Å². The molecule has 27 heavy (non-hydrogen) atoms. The Morgan fingerprint density at radius 1 is 0.852 bits per heavy atom. The number of carbonyl (C=O) groups is 2. The Hall–Kier alpha value is -3.11. The largest absolute Gasteiger partial charge is 0.416 e. The lowest BCUT2D eigenvalue weighted by Gasteiger charge is -2.14. The second-order valence-corrected chi connectivity index (χ2v) is 5.29. The van der Waals surface area contributed by atoms with Crippen LogP contribution in [0.2, 0.25) is 0 Å². The first-order valence-corrected chi connectivity index (χ1v) is 7.24. The van der Waals surface area contributed by atoms with Crippen LogP contribution < -0.4 is 10.6 Å². The molecule has 2 aromatic rings. The molecular formula is C16H11F6N3O2. The van der Waals surface area contributed by atoms with Crippen LogP contribution in [0, 0.1) is 0 Å². The molecule has 2 amide bonds. The molecule has 5 nitrogen and oxygen atoms in total. The molecule has 2 N–H and O–H groups in total. The highest BCUT2D eigenvalue weighted by Gasteiger charge is 2.37. The van der Waals surface area contributed by atoms with Gasteiger partial charge in [0.15, 0.2) is 0 Å². The average Bonchev–Trinajstić information content (AvgIpc) is 2.58. The topological polar surface area (TPSA) is 71.1 Å². The first-order chi connectivity index (χ1) is 12.5. The summed E-state index contributed by atoms with van der Waals surface area (Å²) in [5.74, 6) is -2.63. The number of nitrogens with one attached hydrogen (secondary N) is 2. The summed E-state index contributed by atoms with van der Waals surface area (Å²) in [6.07, 6.45) is -7.26. The zero-order valence-corrected chi connectivity index (χ0v) is 13.3. The Labute approximate surface area is 148 Å². The number of hydrogen-bond acceptors (Lipinski definition) is 3. The molecule has 1 aromatic heterocycles. The van der Waals surface area contributed by atoms with E-state index >= 15 is 0 Å². The van der Waals surface area contributed by atoms with Crippen molar-refractivity contribution in [2.75, 3.05) is 5.32 Å². The number of anilines is 1. The third-order valence-electron chi connectivity index (χ3n) is 3.25. The van der Waals surface area contributed by atoms with Crippen LogP contribution in [0.15, 0.2) is 42.7 Å². The first-order valence-electron chi connectivity index (χ1n) is 7.24. The number of pyridine rings is 1. The van der Waals surface area contributed by atoms with Gasteiger partial charge in [-0.3, -0.25) is 14.6 Å². The van der Waals surface area contributed by atoms with Gasteiger partial charge in [0.05, 0.1) is 11.1 Å². The van der Waals surface area contributed by atoms with E-state index in [-0.39, 0.29) is 12.6 Å². The lowest BCUT2D eigenvalue weighted by Crippen LogP contribution is -2.35. The number of carbonyl (C=O) groups excluding carboxylic acids is 2. The SMILES string of the molecule is O=C(NCc1ccncc1)C(=O)Nc1cc(C(F)(F)F)cc(C(F)(F)F)c1. The standard InChI is InChI=1S/C16H11F6N3O2/c17-15(18,19)10-5-11(16(20,21)22)7-12(6-10)25-14(27)13(26)24-8-9-1-3-23-4-2-9/h1-7H,8H2,(H,24,26)(H,25,27). The van der Waals surface area contributed by atoms with Gasteiger partial charge in [-0.2, -0.15) is 26.3 Å². The van der Waals surface area contributed by atoms with Crippen LogP contribution in [-0.4, -0.2) is 16.8 Å². The lowest BCUT2D eigenvalue weighted by atomic mass is 10.1. The van der Waals surface area contributed by atoms with Gasteiger partial charge in [-0.15, -0.1) is 0 Å². The summed E-state index contributed by atoms with van der Waals surface area (Å²) in [5, 5.41) is 3.93. The minimum Gasteiger partial charge on any atom is -0.344 e. The average molecular weight is 391 g/mol. The number of aromatic nitrogens is 1. The lowest BCUT2D eigenvalue weighted by molar-refractivity contribution is -0.143. The minimum absolute atomic E-state index is 0.0782. The maximum absolute atomic E-state index is 12.8. The predicted octanol–water partition coefficient (Wildman–Crippen LogP) is 3.37. The number of nitrogens with zero attached hydrogens (tertiary/aromatic N) is 1. The van der Waals surface area contributed by atoms with Crippen LogP contribution in [0.25, 0.3) is 0 Å². The van der Waals surface area contributed by atoms with E-state index in [2.05, 4.69) is 10.3 Å². The molecule has 2 rings (SSSR count). The highest BCUT2D eigenvalue weighted by molar-refractivity contribution is 6.39. The van der Waals surface area contributed by atoms with E-state index in [9.17, 15) is 35.9 Å². The van der Waals surface area contributed by atoms with Crippen LogP contribution in [0.3, 0.4) is 0 Å². The van der Waals surface area contributed by atoms with Crippen LogP contribution >= 0.6 is 0 Å². The van der Waals surface area contributed by atoms with Gasteiger partial charge < -0.3 is 10.6 Å². The van der Waals surface area contributed by atoms with E-state index in [1.165, 1.54) is 12.4 Å². The number of rotatable bonds is 3.